The lowest BCUT2D eigenvalue weighted by Crippen LogP contribution is -2.39. The Morgan fingerprint density at radius 2 is 1.54 bits per heavy atom. The number of hydrogen-bond donors (Lipinski definition) is 1. The van der Waals surface area contributed by atoms with Gasteiger partial charge in [-0.05, 0) is 74.9 Å². The number of unbranched alkanes of at least 4 members (excludes halogenated alkanes) is 1. The first-order valence-corrected chi connectivity index (χ1v) is 10.6. The van der Waals surface area contributed by atoms with Crippen LogP contribution in [0.5, 0.6) is 0 Å². The van der Waals surface area contributed by atoms with Gasteiger partial charge in [0, 0.05) is 24.5 Å². The van der Waals surface area contributed by atoms with E-state index in [9.17, 15) is 9.90 Å². The van der Waals surface area contributed by atoms with Crippen LogP contribution in [0.15, 0.2) is 48.5 Å². The first-order chi connectivity index (χ1) is 13.7. The molecular formula is C24H30N2O2. The molecule has 2 aliphatic rings. The largest absolute Gasteiger partial charge is 0.481 e. The third-order valence-corrected chi connectivity index (χ3v) is 6.19. The number of carboxylic acid groups (broad SMARTS) is 1. The Morgan fingerprint density at radius 1 is 0.929 bits per heavy atom. The Morgan fingerprint density at radius 3 is 2.18 bits per heavy atom. The molecule has 4 nitrogen and oxygen atoms in total. The predicted octanol–water partition coefficient (Wildman–Crippen LogP) is 4.50. The van der Waals surface area contributed by atoms with Crippen LogP contribution in [-0.4, -0.2) is 42.2 Å². The van der Waals surface area contributed by atoms with Crippen LogP contribution in [0.25, 0.3) is 0 Å². The highest BCUT2D eigenvalue weighted by atomic mass is 16.4. The average Bonchev–Trinajstić information content (AvgIpc) is 2.88. The Hall–Kier alpha value is -2.33. The van der Waals surface area contributed by atoms with Gasteiger partial charge in [-0.15, -0.1) is 0 Å². The molecule has 1 saturated heterocycles. The van der Waals surface area contributed by atoms with E-state index in [0.717, 1.165) is 58.2 Å². The Labute approximate surface area is 167 Å². The summed E-state index contributed by atoms with van der Waals surface area (Å²) in [5.74, 6) is -0.819. The van der Waals surface area contributed by atoms with Gasteiger partial charge in [-0.3, -0.25) is 4.79 Å². The second-order valence-corrected chi connectivity index (χ2v) is 8.09. The van der Waals surface area contributed by atoms with Crippen molar-refractivity contribution in [3.63, 3.8) is 0 Å². The lowest BCUT2D eigenvalue weighted by atomic mass is 9.98. The van der Waals surface area contributed by atoms with Crippen molar-refractivity contribution in [1.29, 1.82) is 0 Å². The predicted molar refractivity (Wildman–Crippen MR) is 113 cm³/mol. The number of benzene rings is 2. The van der Waals surface area contributed by atoms with Crippen molar-refractivity contribution >= 4 is 17.3 Å². The molecule has 4 heteroatoms. The number of piperidine rings is 1. The van der Waals surface area contributed by atoms with E-state index < -0.39 is 5.97 Å². The Balaban J connectivity index is 1.40. The number of rotatable bonds is 6. The lowest BCUT2D eigenvalue weighted by molar-refractivity contribution is -0.143. The standard InChI is InChI=1S/C24H30N2O2/c27-24(28)21-10-7-16-25(18-21)15-5-6-17-26-22-11-3-1-8-19(22)13-14-20-9-2-4-12-23(20)26/h1-4,8-9,11-12,21H,5-7,10,13-18H2,(H,27,28)/t21-/m1/s1. The summed E-state index contributed by atoms with van der Waals surface area (Å²) in [6, 6.07) is 17.6. The zero-order valence-corrected chi connectivity index (χ0v) is 16.5. The van der Waals surface area contributed by atoms with Crippen LogP contribution in [0, 0.1) is 5.92 Å². The summed E-state index contributed by atoms with van der Waals surface area (Å²) < 4.78 is 0. The normalized spacial score (nSPS) is 19.6. The summed E-state index contributed by atoms with van der Waals surface area (Å²) in [4.78, 5) is 16.1. The van der Waals surface area contributed by atoms with Gasteiger partial charge in [-0.1, -0.05) is 36.4 Å². The molecule has 4 rings (SSSR count). The second kappa shape index (κ2) is 8.78. The third kappa shape index (κ3) is 4.22. The summed E-state index contributed by atoms with van der Waals surface area (Å²) in [6.45, 7) is 3.76. The van der Waals surface area contributed by atoms with Crippen molar-refractivity contribution in [2.75, 3.05) is 31.1 Å². The van der Waals surface area contributed by atoms with Gasteiger partial charge in [0.2, 0.25) is 0 Å². The van der Waals surface area contributed by atoms with E-state index >= 15 is 0 Å². The van der Waals surface area contributed by atoms with Crippen molar-refractivity contribution in [1.82, 2.24) is 4.90 Å². The minimum atomic E-state index is -0.637. The highest BCUT2D eigenvalue weighted by Gasteiger charge is 2.25. The van der Waals surface area contributed by atoms with E-state index in [0.29, 0.717) is 6.54 Å². The van der Waals surface area contributed by atoms with Crippen molar-refractivity contribution in [2.24, 2.45) is 5.92 Å². The van der Waals surface area contributed by atoms with E-state index in [-0.39, 0.29) is 5.92 Å². The van der Waals surface area contributed by atoms with Crippen molar-refractivity contribution < 1.29 is 9.90 Å². The molecule has 2 aliphatic heterocycles. The Kier molecular flexibility index (Phi) is 5.96. The molecule has 0 radical (unpaired) electrons. The van der Waals surface area contributed by atoms with Gasteiger partial charge >= 0.3 is 5.97 Å². The summed E-state index contributed by atoms with van der Waals surface area (Å²) in [7, 11) is 0. The van der Waals surface area contributed by atoms with E-state index in [1.165, 1.54) is 22.5 Å². The summed E-state index contributed by atoms with van der Waals surface area (Å²) in [5, 5.41) is 9.28. The maximum atomic E-state index is 11.3. The number of anilines is 2. The fourth-order valence-electron chi connectivity index (χ4n) is 4.68. The first-order valence-electron chi connectivity index (χ1n) is 10.6. The minimum absolute atomic E-state index is 0.182. The molecule has 1 N–H and O–H groups in total. The number of nitrogens with zero attached hydrogens (tertiary/aromatic N) is 2. The van der Waals surface area contributed by atoms with Crippen LogP contribution >= 0.6 is 0 Å². The molecule has 0 unspecified atom stereocenters. The summed E-state index contributed by atoms with van der Waals surface area (Å²) in [5.41, 5.74) is 5.55. The fourth-order valence-corrected chi connectivity index (χ4v) is 4.68. The zero-order chi connectivity index (χ0) is 19.3. The molecule has 148 valence electrons. The number of aryl methyl sites for hydroxylation is 2. The van der Waals surface area contributed by atoms with Crippen LogP contribution in [0.3, 0.4) is 0 Å². The average molecular weight is 379 g/mol. The SMILES string of the molecule is O=C(O)[C@@H]1CCCN(CCCCN2c3ccccc3CCc3ccccc32)C1. The molecular weight excluding hydrogens is 348 g/mol. The maximum Gasteiger partial charge on any atom is 0.307 e. The van der Waals surface area contributed by atoms with Gasteiger partial charge < -0.3 is 14.9 Å². The number of carbonyl (C=O) groups is 1. The van der Waals surface area contributed by atoms with E-state index in [2.05, 4.69) is 58.3 Å². The molecule has 28 heavy (non-hydrogen) atoms. The molecule has 2 aromatic carbocycles. The van der Waals surface area contributed by atoms with Gasteiger partial charge in [0.05, 0.1) is 5.92 Å². The maximum absolute atomic E-state index is 11.3. The van der Waals surface area contributed by atoms with Crippen LogP contribution in [-0.2, 0) is 17.6 Å². The zero-order valence-electron chi connectivity index (χ0n) is 16.5. The molecule has 0 amide bonds. The quantitative estimate of drug-likeness (QED) is 0.752. The number of aliphatic carboxylic acids is 1. The molecule has 0 spiro atoms. The molecule has 1 atom stereocenters. The van der Waals surface area contributed by atoms with Crippen LogP contribution in [0.2, 0.25) is 0 Å². The first kappa shape index (κ1) is 19.0. The smallest absolute Gasteiger partial charge is 0.307 e. The van der Waals surface area contributed by atoms with Gasteiger partial charge in [0.15, 0.2) is 0 Å². The van der Waals surface area contributed by atoms with Crippen LogP contribution in [0.1, 0.15) is 36.8 Å². The number of fused-ring (bicyclic) bond motifs is 2. The molecule has 0 aromatic heterocycles. The number of hydrogen-bond acceptors (Lipinski definition) is 3. The summed E-state index contributed by atoms with van der Waals surface area (Å²) >= 11 is 0. The van der Waals surface area contributed by atoms with Gasteiger partial charge in [-0.2, -0.15) is 0 Å². The molecule has 2 aromatic rings. The van der Waals surface area contributed by atoms with Crippen LogP contribution in [0.4, 0.5) is 11.4 Å². The van der Waals surface area contributed by atoms with Crippen molar-refractivity contribution in [2.45, 2.75) is 38.5 Å². The second-order valence-electron chi connectivity index (χ2n) is 8.09. The van der Waals surface area contributed by atoms with Crippen molar-refractivity contribution in [3.05, 3.63) is 59.7 Å². The highest BCUT2D eigenvalue weighted by Crippen LogP contribution is 2.36. The van der Waals surface area contributed by atoms with Gasteiger partial charge in [0.25, 0.3) is 0 Å². The van der Waals surface area contributed by atoms with Gasteiger partial charge in [0.1, 0.15) is 0 Å². The van der Waals surface area contributed by atoms with E-state index in [1.807, 2.05) is 0 Å². The minimum Gasteiger partial charge on any atom is -0.481 e. The fraction of sp³-hybridized carbons (Fsp3) is 0.458. The van der Waals surface area contributed by atoms with Crippen molar-refractivity contribution in [3.8, 4) is 0 Å². The molecule has 0 aliphatic carbocycles. The third-order valence-electron chi connectivity index (χ3n) is 6.19. The number of para-hydroxylation sites is 2. The monoisotopic (exact) mass is 378 g/mol. The van der Waals surface area contributed by atoms with Gasteiger partial charge in [-0.25, -0.2) is 0 Å². The highest BCUT2D eigenvalue weighted by molar-refractivity contribution is 5.71. The number of likely N-dealkylation sites (tertiary alicyclic amines) is 1. The molecule has 0 bridgehead atoms. The number of carboxylic acids is 1. The summed E-state index contributed by atoms with van der Waals surface area (Å²) in [6.07, 6.45) is 6.23. The lowest BCUT2D eigenvalue weighted by Gasteiger charge is -2.31. The molecule has 1 fully saturated rings. The topological polar surface area (TPSA) is 43.8 Å². The Bertz CT molecular complexity index is 772. The van der Waals surface area contributed by atoms with E-state index in [4.69, 9.17) is 0 Å². The molecule has 0 saturated carbocycles. The van der Waals surface area contributed by atoms with E-state index in [1.54, 1.807) is 0 Å². The van der Waals surface area contributed by atoms with Crippen LogP contribution < -0.4 is 4.90 Å². The molecule has 2 heterocycles.